The zero-order valence-corrected chi connectivity index (χ0v) is 18.2. The minimum absolute atomic E-state index is 0.0764. The van der Waals surface area contributed by atoms with Gasteiger partial charge < -0.3 is 5.32 Å². The molecule has 0 unspecified atom stereocenters. The normalized spacial score (nSPS) is 22.3. The van der Waals surface area contributed by atoms with Crippen LogP contribution in [-0.2, 0) is 21.0 Å². The first-order chi connectivity index (χ1) is 13.7. The van der Waals surface area contributed by atoms with Crippen molar-refractivity contribution in [1.82, 2.24) is 9.21 Å². The van der Waals surface area contributed by atoms with Gasteiger partial charge in [0.05, 0.1) is 18.4 Å². The lowest BCUT2D eigenvalue weighted by molar-refractivity contribution is -0.137. The maximum absolute atomic E-state index is 12.6. The van der Waals surface area contributed by atoms with E-state index in [1.165, 1.54) is 18.4 Å². The molecule has 0 atom stereocenters. The lowest BCUT2D eigenvalue weighted by Crippen LogP contribution is -2.45. The average Bonchev–Trinajstić information content (AvgIpc) is 2.87. The number of alkyl halides is 3. The Morgan fingerprint density at radius 3 is 2.17 bits per heavy atom. The second kappa shape index (κ2) is 7.80. The van der Waals surface area contributed by atoms with E-state index in [2.05, 4.69) is 5.32 Å². The van der Waals surface area contributed by atoms with Gasteiger partial charge in [0.1, 0.15) is 0 Å². The van der Waals surface area contributed by atoms with E-state index in [4.69, 9.17) is 0 Å². The number of benzene rings is 1. The van der Waals surface area contributed by atoms with Gasteiger partial charge in [-0.25, -0.2) is 8.42 Å². The summed E-state index contributed by atoms with van der Waals surface area (Å²) in [5.74, 6) is -0.282. The average molecular weight is 448 g/mol. The van der Waals surface area contributed by atoms with Crippen LogP contribution in [0, 0.1) is 5.41 Å². The van der Waals surface area contributed by atoms with Gasteiger partial charge in [0.15, 0.2) is 0 Å². The zero-order valence-electron chi connectivity index (χ0n) is 17.4. The number of piperidine rings is 1. The van der Waals surface area contributed by atoms with Crippen LogP contribution in [-0.4, -0.2) is 61.5 Å². The second-order valence-electron chi connectivity index (χ2n) is 9.16. The number of amides is 1. The van der Waals surface area contributed by atoms with E-state index < -0.39 is 27.3 Å². The van der Waals surface area contributed by atoms with Crippen molar-refractivity contribution >= 4 is 21.6 Å². The fraction of sp³-hybridized carbons (Fsp3) is 0.650. The van der Waals surface area contributed by atoms with Crippen molar-refractivity contribution in [3.8, 4) is 0 Å². The molecule has 1 aromatic rings. The molecule has 0 saturated carbocycles. The van der Waals surface area contributed by atoms with Crippen LogP contribution in [0.4, 0.5) is 18.9 Å². The third-order valence-corrected chi connectivity index (χ3v) is 7.57. The number of anilines is 1. The SMILES string of the molecule is CC1(C)CC2(CCN(CC(=O)Nc3ccc(C(F)(F)F)cc3)CC2)CN1S(C)(=O)=O. The van der Waals surface area contributed by atoms with Gasteiger partial charge in [-0.3, -0.25) is 9.69 Å². The summed E-state index contributed by atoms with van der Waals surface area (Å²) in [4.78, 5) is 14.3. The molecule has 2 saturated heterocycles. The van der Waals surface area contributed by atoms with Crippen molar-refractivity contribution in [2.45, 2.75) is 44.8 Å². The number of halogens is 3. The Balaban J connectivity index is 1.53. The standard InChI is InChI=1S/C20H28F3N3O3S/c1-18(2)13-19(14-26(18)30(3,28)29)8-10-25(11-9-19)12-17(27)24-16-6-4-15(5-7-16)20(21,22)23/h4-7H,8-14H2,1-3H3,(H,24,27). The molecular weight excluding hydrogens is 419 g/mol. The molecule has 2 aliphatic heterocycles. The molecule has 168 valence electrons. The van der Waals surface area contributed by atoms with E-state index in [9.17, 15) is 26.4 Å². The third-order valence-electron chi connectivity index (χ3n) is 6.14. The molecule has 0 aliphatic carbocycles. The molecule has 1 aromatic carbocycles. The number of likely N-dealkylation sites (tertiary alicyclic amines) is 1. The first kappa shape index (κ1) is 23.0. The molecule has 10 heteroatoms. The van der Waals surface area contributed by atoms with Gasteiger partial charge in [-0.1, -0.05) is 0 Å². The van der Waals surface area contributed by atoms with Crippen LogP contribution in [0.5, 0.6) is 0 Å². The first-order valence-electron chi connectivity index (χ1n) is 9.88. The highest BCUT2D eigenvalue weighted by molar-refractivity contribution is 7.88. The Kier molecular flexibility index (Phi) is 5.98. The highest BCUT2D eigenvalue weighted by Crippen LogP contribution is 2.48. The molecule has 6 nitrogen and oxygen atoms in total. The molecule has 0 radical (unpaired) electrons. The fourth-order valence-electron chi connectivity index (χ4n) is 4.81. The quantitative estimate of drug-likeness (QED) is 0.770. The van der Waals surface area contributed by atoms with Crippen LogP contribution < -0.4 is 5.32 Å². The molecule has 2 heterocycles. The summed E-state index contributed by atoms with van der Waals surface area (Å²) >= 11 is 0. The Labute approximate surface area is 175 Å². The molecule has 2 fully saturated rings. The number of nitrogens with one attached hydrogen (secondary N) is 1. The van der Waals surface area contributed by atoms with Gasteiger partial charge >= 0.3 is 6.18 Å². The molecule has 30 heavy (non-hydrogen) atoms. The summed E-state index contributed by atoms with van der Waals surface area (Å²) < 4.78 is 63.7. The lowest BCUT2D eigenvalue weighted by Gasteiger charge is -2.39. The smallest absolute Gasteiger partial charge is 0.325 e. The van der Waals surface area contributed by atoms with E-state index in [1.807, 2.05) is 18.7 Å². The molecule has 2 aliphatic rings. The molecule has 0 bridgehead atoms. The van der Waals surface area contributed by atoms with Crippen LogP contribution in [0.1, 0.15) is 38.7 Å². The topological polar surface area (TPSA) is 69.7 Å². The summed E-state index contributed by atoms with van der Waals surface area (Å²) in [6, 6.07) is 4.36. The van der Waals surface area contributed by atoms with Crippen LogP contribution >= 0.6 is 0 Å². The second-order valence-corrected chi connectivity index (χ2v) is 11.1. The van der Waals surface area contributed by atoms with Gasteiger partial charge in [-0.05, 0) is 75.9 Å². The molecule has 1 amide bonds. The highest BCUT2D eigenvalue weighted by Gasteiger charge is 2.52. The third kappa shape index (κ3) is 5.15. The van der Waals surface area contributed by atoms with Crippen molar-refractivity contribution in [3.63, 3.8) is 0 Å². The van der Waals surface area contributed by atoms with Crippen molar-refractivity contribution in [3.05, 3.63) is 29.8 Å². The molecule has 3 rings (SSSR count). The van der Waals surface area contributed by atoms with Crippen molar-refractivity contribution in [2.75, 3.05) is 37.8 Å². The van der Waals surface area contributed by atoms with Crippen LogP contribution in [0.25, 0.3) is 0 Å². The van der Waals surface area contributed by atoms with Gasteiger partial charge in [0.2, 0.25) is 15.9 Å². The van der Waals surface area contributed by atoms with Crippen molar-refractivity contribution in [1.29, 1.82) is 0 Å². The largest absolute Gasteiger partial charge is 0.416 e. The van der Waals surface area contributed by atoms with Crippen molar-refractivity contribution < 1.29 is 26.4 Å². The summed E-state index contributed by atoms with van der Waals surface area (Å²) in [7, 11) is -3.28. The van der Waals surface area contributed by atoms with Crippen molar-refractivity contribution in [2.24, 2.45) is 5.41 Å². The Morgan fingerprint density at radius 1 is 1.13 bits per heavy atom. The molecule has 0 aromatic heterocycles. The van der Waals surface area contributed by atoms with E-state index in [0.717, 1.165) is 31.4 Å². The summed E-state index contributed by atoms with van der Waals surface area (Å²) in [5, 5.41) is 2.63. The maximum atomic E-state index is 12.6. The van der Waals surface area contributed by atoms with E-state index >= 15 is 0 Å². The zero-order chi connectivity index (χ0) is 22.4. The highest BCUT2D eigenvalue weighted by atomic mass is 32.2. The van der Waals surface area contributed by atoms with Crippen LogP contribution in [0.2, 0.25) is 0 Å². The summed E-state index contributed by atoms with van der Waals surface area (Å²) in [6.07, 6.45) is -0.771. The number of sulfonamides is 1. The molecular formula is C20H28F3N3O3S. The van der Waals surface area contributed by atoms with E-state index in [-0.39, 0.29) is 17.9 Å². The number of hydrogen-bond donors (Lipinski definition) is 1. The minimum Gasteiger partial charge on any atom is -0.325 e. The first-order valence-corrected chi connectivity index (χ1v) is 11.7. The van der Waals surface area contributed by atoms with Crippen LogP contribution in [0.15, 0.2) is 24.3 Å². The predicted octanol–water partition coefficient (Wildman–Crippen LogP) is 3.17. The van der Waals surface area contributed by atoms with Gasteiger partial charge in [0, 0.05) is 17.8 Å². The van der Waals surface area contributed by atoms with E-state index in [0.29, 0.717) is 25.3 Å². The number of nitrogens with zero attached hydrogens (tertiary/aromatic N) is 2. The Bertz CT molecular complexity index is 890. The Morgan fingerprint density at radius 2 is 1.70 bits per heavy atom. The van der Waals surface area contributed by atoms with Gasteiger partial charge in [-0.15, -0.1) is 0 Å². The predicted molar refractivity (Wildman–Crippen MR) is 108 cm³/mol. The van der Waals surface area contributed by atoms with Gasteiger partial charge in [0.25, 0.3) is 0 Å². The summed E-state index contributed by atoms with van der Waals surface area (Å²) in [5.41, 5.74) is -0.935. The number of hydrogen-bond acceptors (Lipinski definition) is 4. The lowest BCUT2D eigenvalue weighted by atomic mass is 9.74. The number of rotatable bonds is 4. The number of carbonyl (C=O) groups is 1. The molecule has 1 spiro atoms. The Hall–Kier alpha value is -1.65. The number of carbonyl (C=O) groups excluding carboxylic acids is 1. The molecule has 1 N–H and O–H groups in total. The fourth-order valence-corrected chi connectivity index (χ4v) is 6.28. The monoisotopic (exact) mass is 447 g/mol. The van der Waals surface area contributed by atoms with E-state index in [1.54, 1.807) is 4.31 Å². The van der Waals surface area contributed by atoms with Crippen LogP contribution in [0.3, 0.4) is 0 Å². The maximum Gasteiger partial charge on any atom is 0.416 e. The van der Waals surface area contributed by atoms with Gasteiger partial charge in [-0.2, -0.15) is 17.5 Å². The summed E-state index contributed by atoms with van der Waals surface area (Å²) in [6.45, 7) is 5.91. The minimum atomic E-state index is -4.41.